The third-order valence-electron chi connectivity index (χ3n) is 4.65. The Balaban J connectivity index is 1.69. The van der Waals surface area contributed by atoms with Gasteiger partial charge in [0.25, 0.3) is 0 Å². The molecule has 0 atom stereocenters. The molecule has 8 nitrogen and oxygen atoms in total. The fourth-order valence-electron chi connectivity index (χ4n) is 3.17. The number of pyridine rings is 1. The van der Waals surface area contributed by atoms with Gasteiger partial charge in [0.15, 0.2) is 11.6 Å². The molecule has 0 aromatic carbocycles. The van der Waals surface area contributed by atoms with Crippen molar-refractivity contribution in [2.24, 2.45) is 14.1 Å². The lowest BCUT2D eigenvalue weighted by atomic mass is 10.2. The number of hydrogen-bond donors (Lipinski definition) is 0. The van der Waals surface area contributed by atoms with E-state index >= 15 is 0 Å². The van der Waals surface area contributed by atoms with Crippen LogP contribution in [0.3, 0.4) is 0 Å². The zero-order valence-corrected chi connectivity index (χ0v) is 14.6. The third kappa shape index (κ3) is 2.42. The van der Waals surface area contributed by atoms with E-state index in [0.29, 0.717) is 17.6 Å². The molecule has 4 aromatic heterocycles. The Morgan fingerprint density at radius 1 is 0.962 bits per heavy atom. The molecule has 0 aliphatic heterocycles. The lowest BCUT2D eigenvalue weighted by molar-refractivity contribution is 0.695. The summed E-state index contributed by atoms with van der Waals surface area (Å²) < 4.78 is 5.51. The van der Waals surface area contributed by atoms with Gasteiger partial charge in [0.1, 0.15) is 11.4 Å². The highest BCUT2D eigenvalue weighted by molar-refractivity contribution is 5.59. The average molecular weight is 346 g/mol. The molecule has 0 N–H and O–H groups in total. The Bertz CT molecular complexity index is 1070. The molecule has 4 aromatic rings. The van der Waals surface area contributed by atoms with Crippen LogP contribution in [0.25, 0.3) is 28.9 Å². The van der Waals surface area contributed by atoms with Crippen LogP contribution in [0.2, 0.25) is 0 Å². The van der Waals surface area contributed by atoms with Gasteiger partial charge in [-0.25, -0.2) is 4.98 Å². The molecule has 0 amide bonds. The summed E-state index contributed by atoms with van der Waals surface area (Å²) in [5.74, 6) is 2.70. The second-order valence-corrected chi connectivity index (χ2v) is 6.55. The monoisotopic (exact) mass is 346 g/mol. The molecule has 1 aliphatic rings. The van der Waals surface area contributed by atoms with Crippen LogP contribution in [0.5, 0.6) is 0 Å². The van der Waals surface area contributed by atoms with Gasteiger partial charge in [-0.2, -0.15) is 14.9 Å². The minimum absolute atomic E-state index is 0.570. The Kier molecular flexibility index (Phi) is 3.24. The van der Waals surface area contributed by atoms with E-state index in [2.05, 4.69) is 16.1 Å². The summed E-state index contributed by atoms with van der Waals surface area (Å²) >= 11 is 0. The van der Waals surface area contributed by atoms with Gasteiger partial charge in [-0.3, -0.25) is 14.3 Å². The molecule has 1 saturated carbocycles. The molecular weight excluding hydrogens is 328 g/mol. The first kappa shape index (κ1) is 15.0. The summed E-state index contributed by atoms with van der Waals surface area (Å²) in [5, 5.41) is 13.6. The van der Waals surface area contributed by atoms with Crippen LogP contribution in [-0.2, 0) is 14.1 Å². The van der Waals surface area contributed by atoms with Gasteiger partial charge in [-0.1, -0.05) is 6.07 Å². The first-order valence-electron chi connectivity index (χ1n) is 8.62. The van der Waals surface area contributed by atoms with Crippen LogP contribution in [0.4, 0.5) is 0 Å². The van der Waals surface area contributed by atoms with Gasteiger partial charge >= 0.3 is 0 Å². The topological polar surface area (TPSA) is 79.2 Å². The van der Waals surface area contributed by atoms with E-state index in [1.807, 2.05) is 43.0 Å². The zero-order valence-electron chi connectivity index (χ0n) is 14.6. The van der Waals surface area contributed by atoms with Gasteiger partial charge in [-0.05, 0) is 31.0 Å². The predicted octanol–water partition coefficient (Wildman–Crippen LogP) is 2.34. The van der Waals surface area contributed by atoms with E-state index < -0.39 is 0 Å². The molecule has 0 unspecified atom stereocenters. The van der Waals surface area contributed by atoms with Crippen molar-refractivity contribution in [3.8, 4) is 28.9 Å². The summed E-state index contributed by atoms with van der Waals surface area (Å²) in [7, 11) is 3.87. The van der Waals surface area contributed by atoms with Gasteiger partial charge in [-0.15, -0.1) is 5.10 Å². The number of aryl methyl sites for hydroxylation is 2. The smallest absolute Gasteiger partial charge is 0.200 e. The summed E-state index contributed by atoms with van der Waals surface area (Å²) in [6.45, 7) is 0. The van der Waals surface area contributed by atoms with Crippen molar-refractivity contribution in [3.05, 3.63) is 48.4 Å². The molecule has 130 valence electrons. The number of nitrogens with zero attached hydrogens (tertiary/aromatic N) is 8. The predicted molar refractivity (Wildman–Crippen MR) is 95.5 cm³/mol. The molecule has 0 radical (unpaired) electrons. The van der Waals surface area contributed by atoms with Gasteiger partial charge in [0, 0.05) is 38.0 Å². The van der Waals surface area contributed by atoms with E-state index in [-0.39, 0.29) is 0 Å². The van der Waals surface area contributed by atoms with Gasteiger partial charge < -0.3 is 0 Å². The highest BCUT2D eigenvalue weighted by atomic mass is 15.4. The summed E-state index contributed by atoms with van der Waals surface area (Å²) in [6.07, 6.45) is 5.94. The van der Waals surface area contributed by atoms with Crippen molar-refractivity contribution in [1.29, 1.82) is 0 Å². The SMILES string of the molecule is Cn1nc(-c2nc(-c3ccccn3)nn2-c2ccnn2C)cc1C1CC1. The normalized spacial score (nSPS) is 14.1. The van der Waals surface area contributed by atoms with Crippen LogP contribution in [-0.4, -0.2) is 39.3 Å². The Morgan fingerprint density at radius 3 is 2.54 bits per heavy atom. The Morgan fingerprint density at radius 2 is 1.85 bits per heavy atom. The van der Waals surface area contributed by atoms with Crippen LogP contribution in [0.15, 0.2) is 42.7 Å². The minimum atomic E-state index is 0.570. The lowest BCUT2D eigenvalue weighted by Crippen LogP contribution is -2.06. The van der Waals surface area contributed by atoms with E-state index in [0.717, 1.165) is 17.2 Å². The van der Waals surface area contributed by atoms with Crippen LogP contribution in [0, 0.1) is 0 Å². The number of hydrogen-bond acceptors (Lipinski definition) is 5. The summed E-state index contributed by atoms with van der Waals surface area (Å²) in [4.78, 5) is 9.13. The second-order valence-electron chi connectivity index (χ2n) is 6.55. The van der Waals surface area contributed by atoms with E-state index in [4.69, 9.17) is 15.2 Å². The van der Waals surface area contributed by atoms with Crippen LogP contribution >= 0.6 is 0 Å². The van der Waals surface area contributed by atoms with Crippen molar-refractivity contribution in [3.63, 3.8) is 0 Å². The first-order chi connectivity index (χ1) is 12.7. The maximum absolute atomic E-state index is 4.75. The number of aromatic nitrogens is 8. The maximum atomic E-state index is 4.75. The van der Waals surface area contributed by atoms with Crippen molar-refractivity contribution in [1.82, 2.24) is 39.3 Å². The van der Waals surface area contributed by atoms with Crippen molar-refractivity contribution >= 4 is 0 Å². The lowest BCUT2D eigenvalue weighted by Gasteiger charge is -2.03. The largest absolute Gasteiger partial charge is 0.272 e. The average Bonchev–Trinajstić information content (AvgIpc) is 3.07. The molecule has 0 saturated heterocycles. The molecule has 5 rings (SSSR count). The van der Waals surface area contributed by atoms with Crippen LogP contribution in [0.1, 0.15) is 24.5 Å². The number of rotatable bonds is 4. The van der Waals surface area contributed by atoms with Crippen molar-refractivity contribution in [2.45, 2.75) is 18.8 Å². The molecule has 0 spiro atoms. The van der Waals surface area contributed by atoms with E-state index in [1.165, 1.54) is 18.5 Å². The Labute approximate surface area is 150 Å². The third-order valence-corrected chi connectivity index (χ3v) is 4.65. The van der Waals surface area contributed by atoms with E-state index in [9.17, 15) is 0 Å². The summed E-state index contributed by atoms with van der Waals surface area (Å²) in [6, 6.07) is 9.74. The molecule has 4 heterocycles. The molecule has 26 heavy (non-hydrogen) atoms. The quantitative estimate of drug-likeness (QED) is 0.567. The maximum Gasteiger partial charge on any atom is 0.200 e. The molecule has 0 bridgehead atoms. The molecular formula is C18H18N8. The van der Waals surface area contributed by atoms with Gasteiger partial charge in [0.05, 0.1) is 6.20 Å². The second kappa shape index (κ2) is 5.62. The molecule has 1 aliphatic carbocycles. The zero-order chi connectivity index (χ0) is 17.7. The Hall–Kier alpha value is -3.29. The van der Waals surface area contributed by atoms with E-state index in [1.54, 1.807) is 21.8 Å². The van der Waals surface area contributed by atoms with Crippen LogP contribution < -0.4 is 0 Å². The van der Waals surface area contributed by atoms with Gasteiger partial charge in [0.2, 0.25) is 5.82 Å². The summed E-state index contributed by atoms with van der Waals surface area (Å²) in [5.41, 5.74) is 2.79. The van der Waals surface area contributed by atoms with Crippen molar-refractivity contribution in [2.75, 3.05) is 0 Å². The fourth-order valence-corrected chi connectivity index (χ4v) is 3.17. The standard InChI is InChI=1S/C18H18N8/c1-24-15(12-6-7-12)11-14(22-24)18-21-17(13-5-3-4-9-19-13)23-26(18)16-8-10-20-25(16)2/h3-5,8-12H,6-7H2,1-2H3. The highest BCUT2D eigenvalue weighted by Crippen LogP contribution is 2.41. The molecule has 8 heteroatoms. The first-order valence-corrected chi connectivity index (χ1v) is 8.62. The molecule has 1 fully saturated rings. The van der Waals surface area contributed by atoms with Crippen molar-refractivity contribution < 1.29 is 0 Å². The fraction of sp³-hybridized carbons (Fsp3) is 0.278. The minimum Gasteiger partial charge on any atom is -0.272 e. The highest BCUT2D eigenvalue weighted by Gasteiger charge is 2.29.